The first-order valence-corrected chi connectivity index (χ1v) is 8.87. The second-order valence-electron chi connectivity index (χ2n) is 6.75. The van der Waals surface area contributed by atoms with Crippen LogP contribution < -0.4 is 10.6 Å². The Morgan fingerprint density at radius 1 is 0.962 bits per heavy atom. The first-order chi connectivity index (χ1) is 12.3. The quantitative estimate of drug-likeness (QED) is 0.619. The number of hydrogen-bond acceptors (Lipinski definition) is 6. The number of benzene rings is 1. The molecule has 26 heavy (non-hydrogen) atoms. The van der Waals surface area contributed by atoms with Crippen LogP contribution in [0.25, 0.3) is 0 Å². The van der Waals surface area contributed by atoms with E-state index in [-0.39, 0.29) is 28.4 Å². The summed E-state index contributed by atoms with van der Waals surface area (Å²) < 4.78 is 0. The van der Waals surface area contributed by atoms with Gasteiger partial charge < -0.3 is 20.8 Å². The average molecular weight is 356 g/mol. The van der Waals surface area contributed by atoms with Crippen LogP contribution in [0.1, 0.15) is 47.1 Å². The van der Waals surface area contributed by atoms with Crippen molar-refractivity contribution >= 4 is 17.3 Å². The molecule has 6 heteroatoms. The van der Waals surface area contributed by atoms with Gasteiger partial charge in [0.1, 0.15) is 11.5 Å². The number of Topliss-reactive ketones (excluding diaryl/α,β-unsaturated/α-hetero) is 2. The molecule has 0 saturated heterocycles. The summed E-state index contributed by atoms with van der Waals surface area (Å²) >= 11 is 0. The van der Waals surface area contributed by atoms with Crippen LogP contribution in [0.4, 0.5) is 5.69 Å². The lowest BCUT2D eigenvalue weighted by Gasteiger charge is -2.36. The van der Waals surface area contributed by atoms with Crippen LogP contribution in [-0.4, -0.2) is 34.9 Å². The van der Waals surface area contributed by atoms with Crippen LogP contribution in [-0.2, 0) is 0 Å². The van der Waals surface area contributed by atoms with Crippen molar-refractivity contribution in [3.63, 3.8) is 0 Å². The van der Waals surface area contributed by atoms with Gasteiger partial charge in [0, 0.05) is 24.5 Å². The van der Waals surface area contributed by atoms with Crippen LogP contribution >= 0.6 is 0 Å². The minimum Gasteiger partial charge on any atom is -0.511 e. The van der Waals surface area contributed by atoms with E-state index < -0.39 is 17.6 Å². The van der Waals surface area contributed by atoms with Gasteiger partial charge in [-0.05, 0) is 51.0 Å². The largest absolute Gasteiger partial charge is 0.511 e. The molecule has 2 aliphatic rings. The van der Waals surface area contributed by atoms with E-state index in [1.807, 2.05) is 13.8 Å². The monoisotopic (exact) mass is 356 g/mol. The number of allylic oxidation sites excluding steroid dienone is 4. The highest BCUT2D eigenvalue weighted by molar-refractivity contribution is 6.22. The zero-order valence-electron chi connectivity index (χ0n) is 15.4. The number of fused-ring (bicyclic) bond motifs is 2. The molecule has 1 aromatic rings. The Balaban J connectivity index is 2.29. The molecule has 0 unspecified atom stereocenters. The predicted molar refractivity (Wildman–Crippen MR) is 99.7 cm³/mol. The summed E-state index contributed by atoms with van der Waals surface area (Å²) in [6.45, 7) is 8.37. The fraction of sp³-hybridized carbons (Fsp3) is 0.400. The van der Waals surface area contributed by atoms with E-state index in [1.54, 1.807) is 26.0 Å². The molecule has 0 bridgehead atoms. The highest BCUT2D eigenvalue weighted by Gasteiger charge is 2.49. The Bertz CT molecular complexity index is 867. The third-order valence-corrected chi connectivity index (χ3v) is 5.04. The van der Waals surface area contributed by atoms with Gasteiger partial charge in [0.25, 0.3) is 0 Å². The van der Waals surface area contributed by atoms with Crippen LogP contribution in [0.2, 0.25) is 0 Å². The molecule has 0 saturated carbocycles. The van der Waals surface area contributed by atoms with Crippen molar-refractivity contribution < 1.29 is 19.8 Å². The number of phenols is 1. The number of hydrogen-bond donors (Lipinski definition) is 4. The van der Waals surface area contributed by atoms with Gasteiger partial charge in [-0.15, -0.1) is 0 Å². The lowest BCUT2D eigenvalue weighted by Crippen LogP contribution is -2.44. The Kier molecular flexibility index (Phi) is 4.52. The third-order valence-electron chi connectivity index (χ3n) is 5.04. The maximum Gasteiger partial charge on any atom is 0.179 e. The molecule has 0 heterocycles. The first-order valence-electron chi connectivity index (χ1n) is 8.87. The number of aromatic hydroxyl groups is 1. The number of nitrogens with one attached hydrogen (secondary N) is 2. The number of carbonyl (C=O) groups excluding carboxylic acids is 2. The van der Waals surface area contributed by atoms with Crippen molar-refractivity contribution in [3.05, 3.63) is 45.9 Å². The Labute approximate surface area is 152 Å². The number of aryl methyl sites for hydroxylation is 1. The van der Waals surface area contributed by atoms with E-state index in [0.29, 0.717) is 35.6 Å². The zero-order valence-corrected chi connectivity index (χ0v) is 15.4. The van der Waals surface area contributed by atoms with E-state index in [4.69, 9.17) is 0 Å². The standard InChI is InChI=1S/C20H24N2O4/c1-5-21-11-7-9(3)17(23)15-13(11)19(25)14-12(22-6-2)8-10(4)18(24)16(14)20(15)26/h7-8,13,15,21-24H,5-6H2,1-4H3/t13-,15-/m1/s1. The fourth-order valence-electron chi connectivity index (χ4n) is 3.86. The molecular weight excluding hydrogens is 332 g/mol. The molecule has 0 amide bonds. The molecule has 1 aromatic carbocycles. The average Bonchev–Trinajstić information content (AvgIpc) is 2.59. The summed E-state index contributed by atoms with van der Waals surface area (Å²) in [4.78, 5) is 26.6. The predicted octanol–water partition coefficient (Wildman–Crippen LogP) is 3.08. The minimum atomic E-state index is -1.00. The summed E-state index contributed by atoms with van der Waals surface area (Å²) in [5.41, 5.74) is 2.43. The molecule has 3 rings (SSSR count). The maximum atomic E-state index is 13.4. The topological polar surface area (TPSA) is 98.7 Å². The van der Waals surface area contributed by atoms with E-state index in [2.05, 4.69) is 10.6 Å². The fourth-order valence-corrected chi connectivity index (χ4v) is 3.86. The number of anilines is 1. The summed E-state index contributed by atoms with van der Waals surface area (Å²) in [5.74, 6) is -2.81. The molecule has 6 nitrogen and oxygen atoms in total. The van der Waals surface area contributed by atoms with E-state index >= 15 is 0 Å². The van der Waals surface area contributed by atoms with Crippen molar-refractivity contribution in [2.75, 3.05) is 18.4 Å². The molecule has 138 valence electrons. The van der Waals surface area contributed by atoms with Crippen molar-refractivity contribution in [2.24, 2.45) is 11.8 Å². The molecule has 0 radical (unpaired) electrons. The number of rotatable bonds is 4. The second kappa shape index (κ2) is 6.52. The molecule has 2 aliphatic carbocycles. The molecule has 2 atom stereocenters. The second-order valence-corrected chi connectivity index (χ2v) is 6.75. The number of carbonyl (C=O) groups is 2. The third kappa shape index (κ3) is 2.48. The maximum absolute atomic E-state index is 13.4. The molecule has 4 N–H and O–H groups in total. The highest BCUT2D eigenvalue weighted by Crippen LogP contribution is 2.46. The summed E-state index contributed by atoms with van der Waals surface area (Å²) in [7, 11) is 0. The van der Waals surface area contributed by atoms with Gasteiger partial charge in [0.15, 0.2) is 11.6 Å². The van der Waals surface area contributed by atoms with Crippen LogP contribution in [0, 0.1) is 18.8 Å². The van der Waals surface area contributed by atoms with E-state index in [1.165, 1.54) is 0 Å². The van der Waals surface area contributed by atoms with Crippen molar-refractivity contribution in [2.45, 2.75) is 27.7 Å². The SMILES string of the molecule is CCNC1=CC(C)=C(O)[C@@H]2C(=O)c3c(O)c(C)cc(NCC)c3C(=O)[C@H]12. The van der Waals surface area contributed by atoms with Crippen LogP contribution in [0.5, 0.6) is 5.75 Å². The Morgan fingerprint density at radius 3 is 2.19 bits per heavy atom. The Hall–Kier alpha value is -2.76. The summed E-state index contributed by atoms with van der Waals surface area (Å²) in [5, 5.41) is 27.3. The van der Waals surface area contributed by atoms with Crippen molar-refractivity contribution in [3.8, 4) is 5.75 Å². The highest BCUT2D eigenvalue weighted by atomic mass is 16.3. The molecule has 0 spiro atoms. The number of aliphatic hydroxyl groups is 1. The molecule has 0 fully saturated rings. The van der Waals surface area contributed by atoms with E-state index in [0.717, 1.165) is 0 Å². The molecule has 0 aliphatic heterocycles. The number of phenolic OH excluding ortho intramolecular Hbond substituents is 1. The van der Waals surface area contributed by atoms with Crippen molar-refractivity contribution in [1.82, 2.24) is 5.32 Å². The lowest BCUT2D eigenvalue weighted by molar-refractivity contribution is 0.0739. The van der Waals surface area contributed by atoms with Gasteiger partial charge in [0.2, 0.25) is 0 Å². The molecular formula is C20H24N2O4. The lowest BCUT2D eigenvalue weighted by atomic mass is 9.68. The normalized spacial score (nSPS) is 21.9. The summed E-state index contributed by atoms with van der Waals surface area (Å²) in [6, 6.07) is 1.68. The smallest absolute Gasteiger partial charge is 0.179 e. The van der Waals surface area contributed by atoms with Gasteiger partial charge in [0.05, 0.1) is 23.0 Å². The first kappa shape index (κ1) is 18.0. The van der Waals surface area contributed by atoms with Crippen LogP contribution in [0.15, 0.2) is 29.2 Å². The van der Waals surface area contributed by atoms with Gasteiger partial charge in [-0.2, -0.15) is 0 Å². The molecule has 0 aromatic heterocycles. The number of aliphatic hydroxyl groups excluding tert-OH is 1. The van der Waals surface area contributed by atoms with Crippen LogP contribution in [0.3, 0.4) is 0 Å². The van der Waals surface area contributed by atoms with Gasteiger partial charge >= 0.3 is 0 Å². The zero-order chi connectivity index (χ0) is 19.2. The van der Waals surface area contributed by atoms with Gasteiger partial charge in [-0.25, -0.2) is 0 Å². The Morgan fingerprint density at radius 2 is 1.58 bits per heavy atom. The van der Waals surface area contributed by atoms with Gasteiger partial charge in [-0.3, -0.25) is 9.59 Å². The summed E-state index contributed by atoms with van der Waals surface area (Å²) in [6.07, 6.45) is 1.72. The van der Waals surface area contributed by atoms with Gasteiger partial charge in [-0.1, -0.05) is 0 Å². The van der Waals surface area contributed by atoms with E-state index in [9.17, 15) is 19.8 Å². The number of ketones is 2. The van der Waals surface area contributed by atoms with Crippen molar-refractivity contribution in [1.29, 1.82) is 0 Å². The minimum absolute atomic E-state index is 0.00398.